The molecule has 1 aromatic carbocycles. The summed E-state index contributed by atoms with van der Waals surface area (Å²) in [6, 6.07) is 10.2. The molecule has 6 nitrogen and oxygen atoms in total. The van der Waals surface area contributed by atoms with Crippen LogP contribution in [-0.2, 0) is 23.8 Å². The zero-order valence-electron chi connectivity index (χ0n) is 20.4. The molecule has 0 spiro atoms. The van der Waals surface area contributed by atoms with Crippen LogP contribution in [0.25, 0.3) is 6.08 Å². The lowest BCUT2D eigenvalue weighted by Gasteiger charge is -2.27. The van der Waals surface area contributed by atoms with Gasteiger partial charge in [0, 0.05) is 11.8 Å². The molecule has 0 amide bonds. The van der Waals surface area contributed by atoms with Gasteiger partial charge in [0.15, 0.2) is 17.2 Å². The van der Waals surface area contributed by atoms with Crippen LogP contribution in [0.5, 0.6) is 0 Å². The lowest BCUT2D eigenvalue weighted by atomic mass is 9.89. The van der Waals surface area contributed by atoms with Crippen LogP contribution in [0.2, 0.25) is 0 Å². The summed E-state index contributed by atoms with van der Waals surface area (Å²) in [5.41, 5.74) is 0.394. The van der Waals surface area contributed by atoms with E-state index in [0.29, 0.717) is 23.8 Å². The topological polar surface area (TPSA) is 73.9 Å². The fourth-order valence-electron chi connectivity index (χ4n) is 4.17. The molecular formula is C26H35NO5S. The molecular weight excluding hydrogens is 438 g/mol. The first-order valence-corrected chi connectivity index (χ1v) is 12.4. The number of rotatable bonds is 8. The van der Waals surface area contributed by atoms with Crippen molar-refractivity contribution < 1.29 is 23.8 Å². The molecule has 180 valence electrons. The van der Waals surface area contributed by atoms with Crippen LogP contribution in [0.3, 0.4) is 0 Å². The summed E-state index contributed by atoms with van der Waals surface area (Å²) < 4.78 is 17.5. The fourth-order valence-corrected chi connectivity index (χ4v) is 5.29. The van der Waals surface area contributed by atoms with Gasteiger partial charge in [-0.3, -0.25) is 4.79 Å². The molecule has 1 N–H and O–H groups in total. The van der Waals surface area contributed by atoms with Crippen molar-refractivity contribution in [2.45, 2.75) is 77.4 Å². The third-order valence-electron chi connectivity index (χ3n) is 5.90. The third-order valence-corrected chi connectivity index (χ3v) is 7.16. The SMILES string of the molecule is CCOC(=O)[C@]1(C)CS/C(=C\C(=O)[C@@]2(C)OC(C)(C)O[C@H]2CC/C(C)=C\c2ccccc2)N1. The summed E-state index contributed by atoms with van der Waals surface area (Å²) in [4.78, 5) is 25.7. The van der Waals surface area contributed by atoms with Crippen molar-refractivity contribution in [1.82, 2.24) is 5.32 Å². The van der Waals surface area contributed by atoms with Crippen LogP contribution in [0.4, 0.5) is 0 Å². The van der Waals surface area contributed by atoms with Gasteiger partial charge < -0.3 is 19.5 Å². The molecule has 2 fully saturated rings. The minimum atomic E-state index is -1.12. The average Bonchev–Trinajstić information content (AvgIpc) is 3.24. The molecule has 0 bridgehead atoms. The highest BCUT2D eigenvalue weighted by Gasteiger charge is 2.54. The minimum Gasteiger partial charge on any atom is -0.464 e. The maximum atomic E-state index is 13.4. The van der Waals surface area contributed by atoms with Crippen LogP contribution >= 0.6 is 11.8 Å². The van der Waals surface area contributed by atoms with Gasteiger partial charge in [-0.1, -0.05) is 42.0 Å². The second-order valence-electron chi connectivity index (χ2n) is 9.49. The Balaban J connectivity index is 1.71. The largest absolute Gasteiger partial charge is 0.464 e. The summed E-state index contributed by atoms with van der Waals surface area (Å²) in [5, 5.41) is 3.80. The van der Waals surface area contributed by atoms with E-state index in [1.807, 2.05) is 32.0 Å². The number of hydrogen-bond acceptors (Lipinski definition) is 7. The monoisotopic (exact) mass is 473 g/mol. The fraction of sp³-hybridized carbons (Fsp3) is 0.538. The minimum absolute atomic E-state index is 0.175. The van der Waals surface area contributed by atoms with Crippen molar-refractivity contribution in [1.29, 1.82) is 0 Å². The average molecular weight is 474 g/mol. The van der Waals surface area contributed by atoms with E-state index >= 15 is 0 Å². The molecule has 1 aromatic rings. The highest BCUT2D eigenvalue weighted by molar-refractivity contribution is 8.03. The first kappa shape index (κ1) is 25.5. The summed E-state index contributed by atoms with van der Waals surface area (Å²) in [6.07, 6.45) is 4.74. The maximum absolute atomic E-state index is 13.4. The third kappa shape index (κ3) is 6.08. The molecule has 2 aliphatic rings. The van der Waals surface area contributed by atoms with E-state index < -0.39 is 16.9 Å². The van der Waals surface area contributed by atoms with Crippen molar-refractivity contribution in [2.24, 2.45) is 0 Å². The molecule has 0 saturated carbocycles. The van der Waals surface area contributed by atoms with Crippen molar-refractivity contribution in [3.05, 3.63) is 52.6 Å². The van der Waals surface area contributed by atoms with E-state index in [1.165, 1.54) is 17.3 Å². The van der Waals surface area contributed by atoms with E-state index in [-0.39, 0.29) is 17.9 Å². The van der Waals surface area contributed by atoms with Crippen molar-refractivity contribution >= 4 is 29.6 Å². The number of hydrogen-bond donors (Lipinski definition) is 1. The first-order chi connectivity index (χ1) is 15.5. The van der Waals surface area contributed by atoms with Gasteiger partial charge in [0.25, 0.3) is 0 Å². The molecule has 33 heavy (non-hydrogen) atoms. The standard InChI is InChI=1S/C26H35NO5S/c1-7-30-23(29)25(5)17-33-22(27-25)16-20(28)26(6)21(31-24(3,4)32-26)14-13-18(2)15-19-11-9-8-10-12-19/h8-12,15-16,21,27H,7,13-14,17H2,1-6H3/b18-15-,22-16-/t21-,25-,26+/m0/s1. The van der Waals surface area contributed by atoms with Gasteiger partial charge in [0.05, 0.1) is 17.7 Å². The summed E-state index contributed by atoms with van der Waals surface area (Å²) in [7, 11) is 0. The van der Waals surface area contributed by atoms with Gasteiger partial charge in [-0.25, -0.2) is 4.79 Å². The Morgan fingerprint density at radius 3 is 2.58 bits per heavy atom. The van der Waals surface area contributed by atoms with E-state index in [4.69, 9.17) is 14.2 Å². The predicted molar refractivity (Wildman–Crippen MR) is 131 cm³/mol. The molecule has 3 rings (SSSR count). The predicted octanol–water partition coefficient (Wildman–Crippen LogP) is 4.85. The van der Waals surface area contributed by atoms with Gasteiger partial charge in [-0.2, -0.15) is 0 Å². The zero-order valence-corrected chi connectivity index (χ0v) is 21.2. The van der Waals surface area contributed by atoms with Crippen molar-refractivity contribution in [2.75, 3.05) is 12.4 Å². The van der Waals surface area contributed by atoms with Crippen molar-refractivity contribution in [3.8, 4) is 0 Å². The van der Waals surface area contributed by atoms with Crippen molar-refractivity contribution in [3.63, 3.8) is 0 Å². The number of nitrogens with one attached hydrogen (secondary N) is 1. The summed E-state index contributed by atoms with van der Waals surface area (Å²) in [5.74, 6) is -0.858. The van der Waals surface area contributed by atoms with E-state index in [1.54, 1.807) is 26.8 Å². The molecule has 2 saturated heterocycles. The van der Waals surface area contributed by atoms with Gasteiger partial charge in [0.2, 0.25) is 0 Å². The number of carbonyl (C=O) groups excluding carboxylic acids is 2. The quantitative estimate of drug-likeness (QED) is 0.427. The van der Waals surface area contributed by atoms with Crippen LogP contribution in [0, 0.1) is 0 Å². The molecule has 2 aliphatic heterocycles. The Morgan fingerprint density at radius 1 is 1.21 bits per heavy atom. The first-order valence-electron chi connectivity index (χ1n) is 11.4. The lowest BCUT2D eigenvalue weighted by Crippen LogP contribution is -2.48. The number of ketones is 1. The summed E-state index contributed by atoms with van der Waals surface area (Å²) >= 11 is 1.43. The number of esters is 1. The smallest absolute Gasteiger partial charge is 0.332 e. The number of ether oxygens (including phenoxy) is 3. The van der Waals surface area contributed by atoms with Gasteiger partial charge in [-0.05, 0) is 59.9 Å². The molecule has 0 aromatic heterocycles. The molecule has 3 atom stereocenters. The highest BCUT2D eigenvalue weighted by atomic mass is 32.2. The molecule has 2 heterocycles. The van der Waals surface area contributed by atoms with Gasteiger partial charge >= 0.3 is 5.97 Å². The molecule has 0 radical (unpaired) electrons. The molecule has 0 aliphatic carbocycles. The molecule has 0 unspecified atom stereocenters. The Morgan fingerprint density at radius 2 is 1.91 bits per heavy atom. The Labute approximate surface area is 201 Å². The van der Waals surface area contributed by atoms with Crippen LogP contribution < -0.4 is 5.32 Å². The highest BCUT2D eigenvalue weighted by Crippen LogP contribution is 2.41. The number of allylic oxidation sites excluding steroid dienone is 1. The van der Waals surface area contributed by atoms with E-state index in [0.717, 1.165) is 12.0 Å². The Kier molecular flexibility index (Phi) is 7.76. The molecule has 7 heteroatoms. The second-order valence-corrected chi connectivity index (χ2v) is 10.5. The number of benzene rings is 1. The number of carbonyl (C=O) groups is 2. The zero-order chi connectivity index (χ0) is 24.3. The van der Waals surface area contributed by atoms with Crippen LogP contribution in [0.15, 0.2) is 47.0 Å². The normalized spacial score (nSPS) is 30.3. The summed E-state index contributed by atoms with van der Waals surface area (Å²) in [6.45, 7) is 11.4. The van der Waals surface area contributed by atoms with Crippen LogP contribution in [-0.4, -0.2) is 47.1 Å². The second kappa shape index (κ2) is 10.0. The maximum Gasteiger partial charge on any atom is 0.332 e. The van der Waals surface area contributed by atoms with E-state index in [2.05, 4.69) is 30.4 Å². The lowest BCUT2D eigenvalue weighted by molar-refractivity contribution is -0.167. The van der Waals surface area contributed by atoms with Crippen LogP contribution in [0.1, 0.15) is 59.9 Å². The van der Waals surface area contributed by atoms with Gasteiger partial charge in [-0.15, -0.1) is 11.8 Å². The van der Waals surface area contributed by atoms with Gasteiger partial charge in [0.1, 0.15) is 5.54 Å². The Bertz CT molecular complexity index is 941. The van der Waals surface area contributed by atoms with E-state index in [9.17, 15) is 9.59 Å². The Hall–Kier alpha value is -2.09. The number of thioether (sulfide) groups is 1.